The molecule has 5 nitrogen and oxygen atoms in total. The molecule has 0 bridgehead atoms. The number of ether oxygens (including phenoxy) is 1. The van der Waals surface area contributed by atoms with E-state index in [2.05, 4.69) is 22.6 Å². The first-order valence-electron chi connectivity index (χ1n) is 7.42. The predicted molar refractivity (Wildman–Crippen MR) is 79.3 cm³/mol. The van der Waals surface area contributed by atoms with Gasteiger partial charge in [0.05, 0.1) is 13.2 Å². The van der Waals surface area contributed by atoms with Crippen LogP contribution in [-0.4, -0.2) is 64.3 Å². The molecule has 1 heterocycles. The fourth-order valence-electron chi connectivity index (χ4n) is 1.94. The topological polar surface area (TPSA) is 53.6 Å². The van der Waals surface area contributed by atoms with Crippen LogP contribution in [0, 0.1) is 5.92 Å². The summed E-state index contributed by atoms with van der Waals surface area (Å²) in [6, 6.07) is 0. The lowest BCUT2D eigenvalue weighted by Crippen LogP contribution is -2.40. The highest BCUT2D eigenvalue weighted by Crippen LogP contribution is 2.15. The number of rotatable bonds is 7. The SMILES string of the molecule is CC.CNCCOCCNC(=O)C1CCN(C)CC1. The molecule has 0 radical (unpaired) electrons. The third-order valence-corrected chi connectivity index (χ3v) is 3.13. The number of piperidine rings is 1. The third-order valence-electron chi connectivity index (χ3n) is 3.13. The van der Waals surface area contributed by atoms with Gasteiger partial charge in [0.1, 0.15) is 0 Å². The Morgan fingerprint density at radius 1 is 1.21 bits per heavy atom. The molecule has 0 unspecified atom stereocenters. The van der Waals surface area contributed by atoms with E-state index < -0.39 is 0 Å². The van der Waals surface area contributed by atoms with Crippen molar-refractivity contribution in [1.29, 1.82) is 0 Å². The van der Waals surface area contributed by atoms with Crippen molar-refractivity contribution in [2.45, 2.75) is 26.7 Å². The van der Waals surface area contributed by atoms with Gasteiger partial charge in [-0.05, 0) is 40.0 Å². The van der Waals surface area contributed by atoms with Gasteiger partial charge < -0.3 is 20.3 Å². The highest BCUT2D eigenvalue weighted by atomic mass is 16.5. The van der Waals surface area contributed by atoms with Gasteiger partial charge in [-0.3, -0.25) is 4.79 Å². The molecule has 1 aliphatic rings. The minimum absolute atomic E-state index is 0.190. The van der Waals surface area contributed by atoms with Crippen LogP contribution in [0.1, 0.15) is 26.7 Å². The minimum atomic E-state index is 0.190. The second kappa shape index (κ2) is 12.4. The lowest BCUT2D eigenvalue weighted by molar-refractivity contribution is -0.126. The van der Waals surface area contributed by atoms with Gasteiger partial charge in [-0.2, -0.15) is 0 Å². The molecule has 114 valence electrons. The summed E-state index contributed by atoms with van der Waals surface area (Å²) in [5, 5.41) is 5.95. The molecule has 5 heteroatoms. The summed E-state index contributed by atoms with van der Waals surface area (Å²) < 4.78 is 5.34. The molecule has 0 aliphatic carbocycles. The minimum Gasteiger partial charge on any atom is -0.378 e. The molecule has 1 fully saturated rings. The van der Waals surface area contributed by atoms with Crippen LogP contribution >= 0.6 is 0 Å². The zero-order valence-electron chi connectivity index (χ0n) is 13.0. The number of nitrogens with zero attached hydrogens (tertiary/aromatic N) is 1. The van der Waals surface area contributed by atoms with Gasteiger partial charge >= 0.3 is 0 Å². The highest BCUT2D eigenvalue weighted by Gasteiger charge is 2.22. The van der Waals surface area contributed by atoms with Gasteiger partial charge in [-0.15, -0.1) is 0 Å². The zero-order valence-corrected chi connectivity index (χ0v) is 13.0. The third kappa shape index (κ3) is 8.97. The standard InChI is InChI=1S/C12H25N3O2.C2H6/c1-13-5-9-17-10-6-14-12(16)11-3-7-15(2)8-4-11;1-2/h11,13H,3-10H2,1-2H3,(H,14,16);1-2H3. The maximum atomic E-state index is 11.8. The molecule has 2 N–H and O–H groups in total. The average Bonchev–Trinajstić information content (AvgIpc) is 2.45. The molecular weight excluding hydrogens is 242 g/mol. The maximum Gasteiger partial charge on any atom is 0.223 e. The molecule has 0 aromatic rings. The van der Waals surface area contributed by atoms with E-state index >= 15 is 0 Å². The lowest BCUT2D eigenvalue weighted by atomic mass is 9.96. The summed E-state index contributed by atoms with van der Waals surface area (Å²) in [4.78, 5) is 14.1. The van der Waals surface area contributed by atoms with Crippen LogP contribution in [0.15, 0.2) is 0 Å². The van der Waals surface area contributed by atoms with Gasteiger partial charge in [0.15, 0.2) is 0 Å². The van der Waals surface area contributed by atoms with Crippen molar-refractivity contribution in [3.8, 4) is 0 Å². The molecule has 0 atom stereocenters. The summed E-state index contributed by atoms with van der Waals surface area (Å²) in [5.41, 5.74) is 0. The Morgan fingerprint density at radius 2 is 1.79 bits per heavy atom. The van der Waals surface area contributed by atoms with Crippen molar-refractivity contribution in [3.63, 3.8) is 0 Å². The molecule has 0 aromatic carbocycles. The molecule has 19 heavy (non-hydrogen) atoms. The quantitative estimate of drug-likeness (QED) is 0.671. The average molecular weight is 273 g/mol. The van der Waals surface area contributed by atoms with Gasteiger partial charge in [0.25, 0.3) is 0 Å². The number of amides is 1. The van der Waals surface area contributed by atoms with E-state index in [1.807, 2.05) is 20.9 Å². The summed E-state index contributed by atoms with van der Waals surface area (Å²) in [5.74, 6) is 0.388. The van der Waals surface area contributed by atoms with Gasteiger partial charge in [0, 0.05) is 19.0 Å². The smallest absolute Gasteiger partial charge is 0.223 e. The number of likely N-dealkylation sites (tertiary alicyclic amines) is 1. The Bertz CT molecular complexity index is 217. The molecule has 1 amide bonds. The molecular formula is C14H31N3O2. The molecule has 0 spiro atoms. The first-order valence-corrected chi connectivity index (χ1v) is 7.42. The normalized spacial score (nSPS) is 16.6. The van der Waals surface area contributed by atoms with Crippen molar-refractivity contribution in [2.75, 3.05) is 53.5 Å². The van der Waals surface area contributed by atoms with Crippen LogP contribution in [0.25, 0.3) is 0 Å². The maximum absolute atomic E-state index is 11.8. The van der Waals surface area contributed by atoms with E-state index in [0.29, 0.717) is 19.8 Å². The van der Waals surface area contributed by atoms with Crippen LogP contribution in [-0.2, 0) is 9.53 Å². The van der Waals surface area contributed by atoms with Gasteiger partial charge in [-0.25, -0.2) is 0 Å². The number of carbonyl (C=O) groups excluding carboxylic acids is 1. The zero-order chi connectivity index (χ0) is 14.5. The van der Waals surface area contributed by atoms with Crippen LogP contribution in [0.5, 0.6) is 0 Å². The van der Waals surface area contributed by atoms with Crippen LogP contribution < -0.4 is 10.6 Å². The number of nitrogens with one attached hydrogen (secondary N) is 2. The number of hydrogen-bond donors (Lipinski definition) is 2. The summed E-state index contributed by atoms with van der Waals surface area (Å²) in [7, 11) is 4.00. The van der Waals surface area contributed by atoms with Crippen LogP contribution in [0.3, 0.4) is 0 Å². The summed E-state index contributed by atoms with van der Waals surface area (Å²) in [6.45, 7) is 8.81. The largest absolute Gasteiger partial charge is 0.378 e. The van der Waals surface area contributed by atoms with Crippen molar-refractivity contribution in [3.05, 3.63) is 0 Å². The van der Waals surface area contributed by atoms with Crippen molar-refractivity contribution in [2.24, 2.45) is 5.92 Å². The molecule has 1 rings (SSSR count). The molecule has 0 aromatic heterocycles. The second-order valence-electron chi connectivity index (χ2n) is 4.58. The van der Waals surface area contributed by atoms with Gasteiger partial charge in [0.2, 0.25) is 5.91 Å². The second-order valence-corrected chi connectivity index (χ2v) is 4.58. The van der Waals surface area contributed by atoms with E-state index in [0.717, 1.165) is 32.5 Å². The fraction of sp³-hybridized carbons (Fsp3) is 0.929. The van der Waals surface area contributed by atoms with E-state index in [1.165, 1.54) is 0 Å². The fourth-order valence-corrected chi connectivity index (χ4v) is 1.94. The first kappa shape index (κ1) is 18.4. The van der Waals surface area contributed by atoms with Gasteiger partial charge in [-0.1, -0.05) is 13.8 Å². The Morgan fingerprint density at radius 3 is 2.37 bits per heavy atom. The van der Waals surface area contributed by atoms with Crippen molar-refractivity contribution >= 4 is 5.91 Å². The number of hydrogen-bond acceptors (Lipinski definition) is 4. The van der Waals surface area contributed by atoms with Crippen molar-refractivity contribution < 1.29 is 9.53 Å². The number of likely N-dealkylation sites (N-methyl/N-ethyl adjacent to an activating group) is 1. The van der Waals surface area contributed by atoms with Crippen LogP contribution in [0.4, 0.5) is 0 Å². The molecule has 0 saturated carbocycles. The number of carbonyl (C=O) groups is 1. The summed E-state index contributed by atoms with van der Waals surface area (Å²) >= 11 is 0. The molecule has 1 aliphatic heterocycles. The summed E-state index contributed by atoms with van der Waals surface area (Å²) in [6.07, 6.45) is 1.95. The monoisotopic (exact) mass is 273 g/mol. The van der Waals surface area contributed by atoms with Crippen molar-refractivity contribution in [1.82, 2.24) is 15.5 Å². The lowest BCUT2D eigenvalue weighted by Gasteiger charge is -2.28. The molecule has 1 saturated heterocycles. The van der Waals surface area contributed by atoms with E-state index in [-0.39, 0.29) is 11.8 Å². The Hall–Kier alpha value is -0.650. The Labute approximate surface area is 118 Å². The van der Waals surface area contributed by atoms with E-state index in [9.17, 15) is 4.79 Å². The Kier molecular flexibility index (Phi) is 12.0. The first-order chi connectivity index (χ1) is 9.24. The highest BCUT2D eigenvalue weighted by molar-refractivity contribution is 5.78. The van der Waals surface area contributed by atoms with E-state index in [1.54, 1.807) is 0 Å². The van der Waals surface area contributed by atoms with Crippen LogP contribution in [0.2, 0.25) is 0 Å². The van der Waals surface area contributed by atoms with E-state index in [4.69, 9.17) is 4.74 Å². The Balaban J connectivity index is 0.00000154. The predicted octanol–water partition coefficient (Wildman–Crippen LogP) is 0.707.